The Hall–Kier alpha value is -1.29. The molecular weight excluding hydrogens is 216 g/mol. The van der Waals surface area contributed by atoms with Crippen LogP contribution in [0.3, 0.4) is 0 Å². The number of unbranched alkanes of at least 4 members (excludes halogenated alkanes) is 1. The van der Waals surface area contributed by atoms with E-state index in [2.05, 4.69) is 17.2 Å². The molecule has 4 heteroatoms. The highest BCUT2D eigenvalue weighted by Gasteiger charge is 2.02. The average Bonchev–Trinajstić information content (AvgIpc) is 2.36. The Morgan fingerprint density at radius 3 is 2.94 bits per heavy atom. The molecule has 0 aliphatic heterocycles. The van der Waals surface area contributed by atoms with Crippen molar-refractivity contribution in [2.45, 2.75) is 26.7 Å². The monoisotopic (exact) mass is 238 g/mol. The smallest absolute Gasteiger partial charge is 0.168 e. The summed E-state index contributed by atoms with van der Waals surface area (Å²) in [5, 5.41) is 3.21. The van der Waals surface area contributed by atoms with Crippen molar-refractivity contribution < 1.29 is 9.47 Å². The van der Waals surface area contributed by atoms with Crippen LogP contribution in [0, 0.1) is 0 Å². The standard InChI is InChI=1S/C13H22N2O2/c1-3-5-10-16-11-9-15-13-12(17-4-2)7-6-8-14-13/h6-8H,3-5,9-11H2,1-2H3,(H,14,15). The van der Waals surface area contributed by atoms with Crippen LogP contribution in [0.1, 0.15) is 26.7 Å². The normalized spacial score (nSPS) is 10.2. The first-order valence-corrected chi connectivity index (χ1v) is 6.28. The third-order valence-electron chi connectivity index (χ3n) is 2.25. The molecule has 0 atom stereocenters. The molecule has 0 fully saturated rings. The van der Waals surface area contributed by atoms with E-state index in [1.54, 1.807) is 6.20 Å². The molecule has 0 aliphatic carbocycles. The van der Waals surface area contributed by atoms with Gasteiger partial charge in [-0.15, -0.1) is 0 Å². The molecule has 1 aromatic heterocycles. The van der Waals surface area contributed by atoms with Crippen molar-refractivity contribution in [2.24, 2.45) is 0 Å². The molecule has 0 radical (unpaired) electrons. The van der Waals surface area contributed by atoms with Crippen molar-refractivity contribution in [2.75, 3.05) is 31.7 Å². The van der Waals surface area contributed by atoms with E-state index in [0.29, 0.717) is 13.2 Å². The lowest BCUT2D eigenvalue weighted by Gasteiger charge is -2.10. The van der Waals surface area contributed by atoms with Gasteiger partial charge in [-0.1, -0.05) is 13.3 Å². The van der Waals surface area contributed by atoms with Gasteiger partial charge < -0.3 is 14.8 Å². The summed E-state index contributed by atoms with van der Waals surface area (Å²) < 4.78 is 10.9. The molecule has 1 heterocycles. The fraction of sp³-hybridized carbons (Fsp3) is 0.615. The number of anilines is 1. The largest absolute Gasteiger partial charge is 0.490 e. The van der Waals surface area contributed by atoms with E-state index in [4.69, 9.17) is 9.47 Å². The Kier molecular flexibility index (Phi) is 7.14. The van der Waals surface area contributed by atoms with Gasteiger partial charge in [0.1, 0.15) is 0 Å². The van der Waals surface area contributed by atoms with Crippen LogP contribution in [-0.2, 0) is 4.74 Å². The molecule has 96 valence electrons. The summed E-state index contributed by atoms with van der Waals surface area (Å²) in [6.45, 7) is 7.05. The summed E-state index contributed by atoms with van der Waals surface area (Å²) in [4.78, 5) is 4.24. The van der Waals surface area contributed by atoms with Gasteiger partial charge in [-0.2, -0.15) is 0 Å². The molecule has 17 heavy (non-hydrogen) atoms. The van der Waals surface area contributed by atoms with Crippen LogP contribution >= 0.6 is 0 Å². The maximum atomic E-state index is 5.47. The van der Waals surface area contributed by atoms with Crippen molar-refractivity contribution in [3.8, 4) is 5.75 Å². The van der Waals surface area contributed by atoms with E-state index in [-0.39, 0.29) is 0 Å². The number of nitrogens with zero attached hydrogens (tertiary/aromatic N) is 1. The molecule has 0 spiro atoms. The van der Waals surface area contributed by atoms with Crippen LogP contribution in [-0.4, -0.2) is 31.3 Å². The van der Waals surface area contributed by atoms with Crippen LogP contribution in [0.4, 0.5) is 5.82 Å². The number of ether oxygens (including phenoxy) is 2. The van der Waals surface area contributed by atoms with Crippen molar-refractivity contribution in [1.82, 2.24) is 4.98 Å². The van der Waals surface area contributed by atoms with Crippen molar-refractivity contribution in [3.05, 3.63) is 18.3 Å². The van der Waals surface area contributed by atoms with Crippen molar-refractivity contribution >= 4 is 5.82 Å². The Morgan fingerprint density at radius 2 is 2.18 bits per heavy atom. The summed E-state index contributed by atoms with van der Waals surface area (Å²) in [6, 6.07) is 3.78. The highest BCUT2D eigenvalue weighted by molar-refractivity contribution is 5.49. The van der Waals surface area contributed by atoms with Crippen molar-refractivity contribution in [1.29, 1.82) is 0 Å². The second-order valence-electron chi connectivity index (χ2n) is 3.68. The number of pyridine rings is 1. The Balaban J connectivity index is 2.25. The van der Waals surface area contributed by atoms with E-state index < -0.39 is 0 Å². The number of aromatic nitrogens is 1. The van der Waals surface area contributed by atoms with E-state index in [9.17, 15) is 0 Å². The van der Waals surface area contributed by atoms with Gasteiger partial charge in [0.2, 0.25) is 0 Å². The molecule has 0 saturated carbocycles. The molecule has 0 aromatic carbocycles. The first kappa shape index (κ1) is 13.8. The lowest BCUT2D eigenvalue weighted by Crippen LogP contribution is -2.12. The zero-order valence-electron chi connectivity index (χ0n) is 10.7. The van der Waals surface area contributed by atoms with Gasteiger partial charge in [0.25, 0.3) is 0 Å². The highest BCUT2D eigenvalue weighted by Crippen LogP contribution is 2.20. The topological polar surface area (TPSA) is 43.4 Å². The molecule has 0 saturated heterocycles. The quantitative estimate of drug-likeness (QED) is 0.672. The minimum absolute atomic E-state index is 0.646. The van der Waals surface area contributed by atoms with Crippen LogP contribution in [0.2, 0.25) is 0 Å². The molecule has 0 aliphatic rings. The Morgan fingerprint density at radius 1 is 1.29 bits per heavy atom. The fourth-order valence-electron chi connectivity index (χ4n) is 1.39. The fourth-order valence-corrected chi connectivity index (χ4v) is 1.39. The van der Waals surface area contributed by atoms with Gasteiger partial charge >= 0.3 is 0 Å². The second kappa shape index (κ2) is 8.82. The van der Waals surface area contributed by atoms with Gasteiger partial charge in [0, 0.05) is 19.3 Å². The SMILES string of the molecule is CCCCOCCNc1ncccc1OCC. The van der Waals surface area contributed by atoms with Gasteiger partial charge in [-0.25, -0.2) is 4.98 Å². The predicted octanol–water partition coefficient (Wildman–Crippen LogP) is 2.71. The molecule has 1 rings (SSSR count). The molecule has 4 nitrogen and oxygen atoms in total. The first-order chi connectivity index (χ1) is 8.38. The second-order valence-corrected chi connectivity index (χ2v) is 3.68. The minimum Gasteiger partial charge on any atom is -0.490 e. The molecular formula is C13H22N2O2. The Labute approximate surface area is 103 Å². The average molecular weight is 238 g/mol. The van der Waals surface area contributed by atoms with Crippen LogP contribution < -0.4 is 10.1 Å². The summed E-state index contributed by atoms with van der Waals surface area (Å²) in [5.74, 6) is 1.58. The lowest BCUT2D eigenvalue weighted by atomic mass is 10.4. The molecule has 0 unspecified atom stereocenters. The van der Waals surface area contributed by atoms with E-state index in [1.807, 2.05) is 19.1 Å². The zero-order chi connectivity index (χ0) is 12.3. The summed E-state index contributed by atoms with van der Waals surface area (Å²) >= 11 is 0. The third kappa shape index (κ3) is 5.54. The minimum atomic E-state index is 0.646. The zero-order valence-corrected chi connectivity index (χ0v) is 10.7. The number of nitrogens with one attached hydrogen (secondary N) is 1. The maximum Gasteiger partial charge on any atom is 0.168 e. The predicted molar refractivity (Wildman–Crippen MR) is 69.6 cm³/mol. The number of rotatable bonds is 9. The van der Waals surface area contributed by atoms with E-state index >= 15 is 0 Å². The van der Waals surface area contributed by atoms with Gasteiger partial charge in [0.05, 0.1) is 13.2 Å². The van der Waals surface area contributed by atoms with Crippen LogP contribution in [0.15, 0.2) is 18.3 Å². The third-order valence-corrected chi connectivity index (χ3v) is 2.25. The van der Waals surface area contributed by atoms with E-state index in [1.165, 1.54) is 6.42 Å². The molecule has 1 N–H and O–H groups in total. The molecule has 1 aromatic rings. The molecule has 0 amide bonds. The summed E-state index contributed by atoms with van der Waals surface area (Å²) in [7, 11) is 0. The van der Waals surface area contributed by atoms with Crippen LogP contribution in [0.25, 0.3) is 0 Å². The first-order valence-electron chi connectivity index (χ1n) is 6.28. The number of hydrogen-bond donors (Lipinski definition) is 1. The van der Waals surface area contributed by atoms with Crippen molar-refractivity contribution in [3.63, 3.8) is 0 Å². The molecule has 0 bridgehead atoms. The number of hydrogen-bond acceptors (Lipinski definition) is 4. The van der Waals surface area contributed by atoms with Crippen LogP contribution in [0.5, 0.6) is 5.75 Å². The Bertz CT molecular complexity index is 305. The summed E-state index contributed by atoms with van der Waals surface area (Å²) in [6.07, 6.45) is 4.04. The lowest BCUT2D eigenvalue weighted by molar-refractivity contribution is 0.141. The van der Waals surface area contributed by atoms with Gasteiger partial charge in [0.15, 0.2) is 11.6 Å². The van der Waals surface area contributed by atoms with Gasteiger partial charge in [-0.05, 0) is 25.5 Å². The van der Waals surface area contributed by atoms with Gasteiger partial charge in [-0.3, -0.25) is 0 Å². The maximum absolute atomic E-state index is 5.47. The highest BCUT2D eigenvalue weighted by atomic mass is 16.5. The summed E-state index contributed by atoms with van der Waals surface area (Å²) in [5.41, 5.74) is 0. The van der Waals surface area contributed by atoms with E-state index in [0.717, 1.165) is 31.1 Å².